The lowest BCUT2D eigenvalue weighted by Crippen LogP contribution is -2.30. The van der Waals surface area contributed by atoms with Gasteiger partial charge in [-0.25, -0.2) is 17.5 Å². The average Bonchev–Trinajstić information content (AvgIpc) is 3.17. The molecule has 0 unspecified atom stereocenters. The summed E-state index contributed by atoms with van der Waals surface area (Å²) in [5.41, 5.74) is 3.31. The highest BCUT2D eigenvalue weighted by Crippen LogP contribution is 2.35. The molecule has 0 fully saturated rings. The van der Waals surface area contributed by atoms with Crippen LogP contribution in [0, 0.1) is 19.7 Å². The molecule has 0 N–H and O–H groups in total. The number of halogens is 1. The monoisotopic (exact) mass is 371 g/mol. The number of hydrogen-bond donors (Lipinski definition) is 0. The molecule has 1 aliphatic heterocycles. The summed E-state index contributed by atoms with van der Waals surface area (Å²) in [5, 5.41) is 4.39. The Labute approximate surface area is 151 Å². The summed E-state index contributed by atoms with van der Waals surface area (Å²) in [6.07, 6.45) is 0.694. The van der Waals surface area contributed by atoms with E-state index in [0.29, 0.717) is 30.0 Å². The van der Waals surface area contributed by atoms with Crippen molar-refractivity contribution in [1.29, 1.82) is 0 Å². The molecule has 3 aromatic rings. The molecule has 7 heteroatoms. The number of sulfonamides is 1. The van der Waals surface area contributed by atoms with Crippen molar-refractivity contribution in [3.8, 4) is 5.69 Å². The SMILES string of the molecule is Cc1nn(-c2ccc(F)cc2)c(C)c1S(=O)(=O)N1CCc2ccccc21. The van der Waals surface area contributed by atoms with Crippen molar-refractivity contribution in [2.45, 2.75) is 25.2 Å². The van der Waals surface area contributed by atoms with E-state index in [-0.39, 0.29) is 10.7 Å². The molecule has 0 bridgehead atoms. The Kier molecular flexibility index (Phi) is 3.84. The van der Waals surface area contributed by atoms with Gasteiger partial charge in [-0.15, -0.1) is 0 Å². The molecule has 4 rings (SSSR count). The predicted molar refractivity (Wildman–Crippen MR) is 97.7 cm³/mol. The van der Waals surface area contributed by atoms with Crippen molar-refractivity contribution in [3.63, 3.8) is 0 Å². The van der Waals surface area contributed by atoms with E-state index >= 15 is 0 Å². The first kappa shape index (κ1) is 16.8. The van der Waals surface area contributed by atoms with Crippen LogP contribution in [0.4, 0.5) is 10.1 Å². The van der Waals surface area contributed by atoms with E-state index in [9.17, 15) is 12.8 Å². The summed E-state index contributed by atoms with van der Waals surface area (Å²) >= 11 is 0. The lowest BCUT2D eigenvalue weighted by Gasteiger charge is -2.19. The highest BCUT2D eigenvalue weighted by Gasteiger charge is 2.35. The second kappa shape index (κ2) is 5.95. The number of para-hydroxylation sites is 1. The van der Waals surface area contributed by atoms with Crippen LogP contribution in [0.1, 0.15) is 17.0 Å². The average molecular weight is 371 g/mol. The van der Waals surface area contributed by atoms with E-state index in [2.05, 4.69) is 5.10 Å². The highest BCUT2D eigenvalue weighted by molar-refractivity contribution is 7.93. The Bertz CT molecular complexity index is 1090. The lowest BCUT2D eigenvalue weighted by molar-refractivity contribution is 0.591. The largest absolute Gasteiger partial charge is 0.268 e. The van der Waals surface area contributed by atoms with E-state index in [1.807, 2.05) is 24.3 Å². The van der Waals surface area contributed by atoms with Crippen LogP contribution in [-0.2, 0) is 16.4 Å². The van der Waals surface area contributed by atoms with Gasteiger partial charge in [0.2, 0.25) is 0 Å². The van der Waals surface area contributed by atoms with Gasteiger partial charge in [0.05, 0.1) is 22.8 Å². The summed E-state index contributed by atoms with van der Waals surface area (Å²) < 4.78 is 42.9. The summed E-state index contributed by atoms with van der Waals surface area (Å²) in [7, 11) is -3.73. The zero-order chi connectivity index (χ0) is 18.5. The molecule has 26 heavy (non-hydrogen) atoms. The fourth-order valence-corrected chi connectivity index (χ4v) is 5.37. The number of hydrogen-bond acceptors (Lipinski definition) is 3. The predicted octanol–water partition coefficient (Wildman–Crippen LogP) is 3.38. The third kappa shape index (κ3) is 2.50. The second-order valence-electron chi connectivity index (χ2n) is 6.34. The van der Waals surface area contributed by atoms with Crippen molar-refractivity contribution in [2.24, 2.45) is 0 Å². The maximum atomic E-state index is 13.4. The van der Waals surface area contributed by atoms with Crippen molar-refractivity contribution in [1.82, 2.24) is 9.78 Å². The van der Waals surface area contributed by atoms with Crippen molar-refractivity contribution in [3.05, 3.63) is 71.3 Å². The fourth-order valence-electron chi connectivity index (χ4n) is 3.50. The quantitative estimate of drug-likeness (QED) is 0.709. The fraction of sp³-hybridized carbons (Fsp3) is 0.211. The molecular weight excluding hydrogens is 353 g/mol. The van der Waals surface area contributed by atoms with Gasteiger partial charge in [0, 0.05) is 6.54 Å². The Hall–Kier alpha value is -2.67. The Morgan fingerprint density at radius 2 is 1.73 bits per heavy atom. The number of benzene rings is 2. The molecule has 0 aliphatic carbocycles. The minimum Gasteiger partial charge on any atom is -0.266 e. The van der Waals surface area contributed by atoms with Crippen LogP contribution in [0.3, 0.4) is 0 Å². The highest BCUT2D eigenvalue weighted by atomic mass is 32.2. The lowest BCUT2D eigenvalue weighted by atomic mass is 10.2. The van der Waals surface area contributed by atoms with E-state index in [4.69, 9.17) is 0 Å². The molecule has 0 atom stereocenters. The topological polar surface area (TPSA) is 55.2 Å². The number of aryl methyl sites for hydroxylation is 1. The molecule has 0 radical (unpaired) electrons. The van der Waals surface area contributed by atoms with Gasteiger partial charge in [0.25, 0.3) is 10.0 Å². The van der Waals surface area contributed by atoms with Crippen LogP contribution in [0.2, 0.25) is 0 Å². The maximum absolute atomic E-state index is 13.4. The Morgan fingerprint density at radius 3 is 2.46 bits per heavy atom. The van der Waals surface area contributed by atoms with Crippen LogP contribution in [0.15, 0.2) is 53.4 Å². The molecule has 0 amide bonds. The first-order chi connectivity index (χ1) is 12.4. The van der Waals surface area contributed by atoms with Gasteiger partial charge in [-0.3, -0.25) is 4.31 Å². The Morgan fingerprint density at radius 1 is 1.04 bits per heavy atom. The molecule has 1 aliphatic rings. The van der Waals surface area contributed by atoms with Crippen molar-refractivity contribution >= 4 is 15.7 Å². The number of aromatic nitrogens is 2. The zero-order valence-electron chi connectivity index (χ0n) is 14.5. The minimum atomic E-state index is -3.73. The van der Waals surface area contributed by atoms with Gasteiger partial charge < -0.3 is 0 Å². The molecule has 2 aromatic carbocycles. The number of rotatable bonds is 3. The maximum Gasteiger partial charge on any atom is 0.268 e. The Balaban J connectivity index is 1.82. The van der Waals surface area contributed by atoms with Gasteiger partial charge >= 0.3 is 0 Å². The third-order valence-corrected chi connectivity index (χ3v) is 6.76. The van der Waals surface area contributed by atoms with E-state index in [1.54, 1.807) is 30.7 Å². The molecule has 134 valence electrons. The molecule has 0 spiro atoms. The van der Waals surface area contributed by atoms with Gasteiger partial charge in [-0.2, -0.15) is 5.10 Å². The van der Waals surface area contributed by atoms with Crippen molar-refractivity contribution < 1.29 is 12.8 Å². The van der Waals surface area contributed by atoms with Crippen LogP contribution in [0.5, 0.6) is 0 Å². The van der Waals surface area contributed by atoms with E-state index in [0.717, 1.165) is 11.3 Å². The third-order valence-electron chi connectivity index (χ3n) is 4.69. The molecule has 0 saturated heterocycles. The van der Waals surface area contributed by atoms with Crippen LogP contribution >= 0.6 is 0 Å². The molecule has 1 aromatic heterocycles. The normalized spacial score (nSPS) is 13.9. The van der Waals surface area contributed by atoms with Gasteiger partial charge in [-0.1, -0.05) is 18.2 Å². The summed E-state index contributed by atoms with van der Waals surface area (Å²) in [6.45, 7) is 3.82. The smallest absolute Gasteiger partial charge is 0.266 e. The van der Waals surface area contributed by atoms with E-state index < -0.39 is 10.0 Å². The van der Waals surface area contributed by atoms with Gasteiger partial charge in [0.1, 0.15) is 10.7 Å². The second-order valence-corrected chi connectivity index (χ2v) is 8.14. The van der Waals surface area contributed by atoms with Crippen molar-refractivity contribution in [2.75, 3.05) is 10.8 Å². The van der Waals surface area contributed by atoms with Crippen LogP contribution in [-0.4, -0.2) is 24.7 Å². The summed E-state index contributed by atoms with van der Waals surface area (Å²) in [5.74, 6) is -0.350. The van der Waals surface area contributed by atoms with Crippen LogP contribution < -0.4 is 4.31 Å². The first-order valence-electron chi connectivity index (χ1n) is 8.32. The first-order valence-corrected chi connectivity index (χ1v) is 9.76. The minimum absolute atomic E-state index is 0.207. The van der Waals surface area contributed by atoms with E-state index in [1.165, 1.54) is 16.4 Å². The summed E-state index contributed by atoms with van der Waals surface area (Å²) in [6, 6.07) is 13.4. The standard InChI is InChI=1S/C19H18FN3O2S/c1-13-19(14(2)23(21-13)17-9-7-16(20)8-10-17)26(24,25)22-12-11-15-5-3-4-6-18(15)22/h3-10H,11-12H2,1-2H3. The molecule has 0 saturated carbocycles. The zero-order valence-corrected chi connectivity index (χ0v) is 15.3. The van der Waals surface area contributed by atoms with Crippen LogP contribution in [0.25, 0.3) is 5.69 Å². The van der Waals surface area contributed by atoms with Gasteiger partial charge in [-0.05, 0) is 56.2 Å². The molecule has 2 heterocycles. The molecule has 5 nitrogen and oxygen atoms in total. The molecular formula is C19H18FN3O2S. The number of fused-ring (bicyclic) bond motifs is 1. The number of anilines is 1. The summed E-state index contributed by atoms with van der Waals surface area (Å²) in [4.78, 5) is 0.207. The number of nitrogens with zero attached hydrogens (tertiary/aromatic N) is 3. The van der Waals surface area contributed by atoms with Gasteiger partial charge in [0.15, 0.2) is 0 Å².